The first-order chi connectivity index (χ1) is 10.5. The van der Waals surface area contributed by atoms with E-state index in [1.807, 2.05) is 25.6 Å². The second-order valence-electron chi connectivity index (χ2n) is 6.00. The van der Waals surface area contributed by atoms with Crippen LogP contribution in [0.3, 0.4) is 0 Å². The van der Waals surface area contributed by atoms with Crippen molar-refractivity contribution in [1.82, 2.24) is 20.7 Å². The van der Waals surface area contributed by atoms with E-state index >= 15 is 0 Å². The van der Waals surface area contributed by atoms with Gasteiger partial charge in [0.15, 0.2) is 5.96 Å². The van der Waals surface area contributed by atoms with E-state index < -0.39 is 0 Å². The molecule has 0 saturated carbocycles. The summed E-state index contributed by atoms with van der Waals surface area (Å²) in [5.41, 5.74) is 2.24. The Bertz CT molecular complexity index is 506. The number of hydrogen-bond donors (Lipinski definition) is 2. The first-order valence-electron chi connectivity index (χ1n) is 7.60. The SMILES string of the molecule is CN=C(NCc1c(C)noc1C)NCC1(N(C)C)CCSC1.I. The molecule has 0 amide bonds. The lowest BCUT2D eigenvalue weighted by atomic mass is 9.97. The largest absolute Gasteiger partial charge is 0.361 e. The van der Waals surface area contributed by atoms with Crippen LogP contribution in [0.15, 0.2) is 9.52 Å². The highest BCUT2D eigenvalue weighted by atomic mass is 127. The number of aryl methyl sites for hydroxylation is 2. The molecule has 0 spiro atoms. The third kappa shape index (κ3) is 4.99. The first-order valence-corrected chi connectivity index (χ1v) is 8.75. The highest BCUT2D eigenvalue weighted by Crippen LogP contribution is 2.31. The van der Waals surface area contributed by atoms with Gasteiger partial charge in [0.1, 0.15) is 5.76 Å². The number of nitrogens with one attached hydrogen (secondary N) is 2. The number of thioether (sulfide) groups is 1. The summed E-state index contributed by atoms with van der Waals surface area (Å²) in [6.07, 6.45) is 1.21. The standard InChI is InChI=1S/C15H27N5OS.HI/c1-11-13(12(2)21-19-11)8-17-14(16-3)18-9-15(20(4)5)6-7-22-10-15;/h6-10H2,1-5H3,(H2,16,17,18);1H. The zero-order valence-corrected chi connectivity index (χ0v) is 17.7. The van der Waals surface area contributed by atoms with Gasteiger partial charge in [-0.05, 0) is 40.1 Å². The summed E-state index contributed by atoms with van der Waals surface area (Å²) >= 11 is 2.02. The lowest BCUT2D eigenvalue weighted by Gasteiger charge is -2.36. The molecule has 1 fully saturated rings. The molecule has 2 N–H and O–H groups in total. The Morgan fingerprint density at radius 1 is 1.39 bits per heavy atom. The van der Waals surface area contributed by atoms with Gasteiger partial charge in [-0.15, -0.1) is 24.0 Å². The predicted octanol–water partition coefficient (Wildman–Crippen LogP) is 2.01. The maximum atomic E-state index is 5.19. The van der Waals surface area contributed by atoms with Crippen LogP contribution in [-0.2, 0) is 6.54 Å². The van der Waals surface area contributed by atoms with Crippen molar-refractivity contribution in [2.75, 3.05) is 39.2 Å². The minimum Gasteiger partial charge on any atom is -0.361 e. The summed E-state index contributed by atoms with van der Waals surface area (Å²) in [5.74, 6) is 4.06. The number of rotatable bonds is 5. The van der Waals surface area contributed by atoms with Crippen LogP contribution in [0, 0.1) is 13.8 Å². The molecule has 0 aromatic carbocycles. The Hall–Kier alpha value is -0.480. The van der Waals surface area contributed by atoms with Crippen molar-refractivity contribution in [2.45, 2.75) is 32.4 Å². The second kappa shape index (κ2) is 9.12. The van der Waals surface area contributed by atoms with Crippen molar-refractivity contribution >= 4 is 41.7 Å². The van der Waals surface area contributed by atoms with Crippen LogP contribution in [-0.4, -0.2) is 60.7 Å². The minimum absolute atomic E-state index is 0. The highest BCUT2D eigenvalue weighted by Gasteiger charge is 2.36. The number of aliphatic imine (C=N–C) groups is 1. The lowest BCUT2D eigenvalue weighted by molar-refractivity contribution is 0.183. The van der Waals surface area contributed by atoms with Gasteiger partial charge in [0, 0.05) is 37.0 Å². The van der Waals surface area contributed by atoms with E-state index in [4.69, 9.17) is 4.52 Å². The van der Waals surface area contributed by atoms with Gasteiger partial charge in [0.25, 0.3) is 0 Å². The molecule has 2 rings (SSSR count). The molecule has 23 heavy (non-hydrogen) atoms. The Kier molecular flexibility index (Phi) is 8.15. The maximum absolute atomic E-state index is 5.19. The molecular formula is C15H28IN5OS. The zero-order valence-electron chi connectivity index (χ0n) is 14.6. The summed E-state index contributed by atoms with van der Waals surface area (Å²) in [6.45, 7) is 5.46. The molecule has 1 aliphatic heterocycles. The monoisotopic (exact) mass is 453 g/mol. The molecule has 132 valence electrons. The Morgan fingerprint density at radius 3 is 2.61 bits per heavy atom. The van der Waals surface area contributed by atoms with E-state index in [0.717, 1.165) is 35.3 Å². The number of nitrogens with zero attached hydrogens (tertiary/aromatic N) is 3. The van der Waals surface area contributed by atoms with Crippen LogP contribution >= 0.6 is 35.7 Å². The van der Waals surface area contributed by atoms with Crippen molar-refractivity contribution < 1.29 is 4.52 Å². The second-order valence-corrected chi connectivity index (χ2v) is 7.11. The minimum atomic E-state index is 0. The molecule has 1 atom stereocenters. The molecule has 6 nitrogen and oxygen atoms in total. The molecular weight excluding hydrogens is 425 g/mol. The van der Waals surface area contributed by atoms with Crippen LogP contribution in [0.1, 0.15) is 23.4 Å². The Morgan fingerprint density at radius 2 is 2.13 bits per heavy atom. The molecule has 0 bridgehead atoms. The number of hydrogen-bond acceptors (Lipinski definition) is 5. The molecule has 8 heteroatoms. The van der Waals surface area contributed by atoms with E-state index in [2.05, 4.69) is 39.8 Å². The number of likely N-dealkylation sites (N-methyl/N-ethyl adjacent to an activating group) is 1. The average Bonchev–Trinajstić information content (AvgIpc) is 3.09. The van der Waals surface area contributed by atoms with Gasteiger partial charge in [0.2, 0.25) is 0 Å². The molecule has 1 saturated heterocycles. The van der Waals surface area contributed by atoms with E-state index in [-0.39, 0.29) is 29.5 Å². The van der Waals surface area contributed by atoms with Crippen LogP contribution in [0.25, 0.3) is 0 Å². The molecule has 1 aromatic rings. The third-order valence-electron chi connectivity index (χ3n) is 4.45. The van der Waals surface area contributed by atoms with Gasteiger partial charge in [-0.3, -0.25) is 4.99 Å². The molecule has 1 unspecified atom stereocenters. The van der Waals surface area contributed by atoms with Gasteiger partial charge in [-0.1, -0.05) is 5.16 Å². The third-order valence-corrected chi connectivity index (χ3v) is 5.69. The van der Waals surface area contributed by atoms with Crippen LogP contribution in [0.5, 0.6) is 0 Å². The fourth-order valence-electron chi connectivity index (χ4n) is 2.64. The zero-order chi connectivity index (χ0) is 16.2. The summed E-state index contributed by atoms with van der Waals surface area (Å²) in [7, 11) is 6.12. The topological polar surface area (TPSA) is 65.7 Å². The van der Waals surface area contributed by atoms with Gasteiger partial charge < -0.3 is 20.1 Å². The van der Waals surface area contributed by atoms with Gasteiger partial charge in [-0.25, -0.2) is 0 Å². The molecule has 0 radical (unpaired) electrons. The van der Waals surface area contributed by atoms with E-state index in [1.54, 1.807) is 7.05 Å². The normalized spacial score (nSPS) is 21.4. The van der Waals surface area contributed by atoms with E-state index in [0.29, 0.717) is 6.54 Å². The first kappa shape index (κ1) is 20.6. The van der Waals surface area contributed by atoms with Crippen LogP contribution in [0.2, 0.25) is 0 Å². The molecule has 2 heterocycles. The molecule has 0 aliphatic carbocycles. The molecule has 1 aromatic heterocycles. The van der Waals surface area contributed by atoms with Gasteiger partial charge in [-0.2, -0.15) is 11.8 Å². The van der Waals surface area contributed by atoms with Crippen molar-refractivity contribution in [2.24, 2.45) is 4.99 Å². The lowest BCUT2D eigenvalue weighted by Crippen LogP contribution is -2.54. The van der Waals surface area contributed by atoms with Crippen molar-refractivity contribution in [3.63, 3.8) is 0 Å². The average molecular weight is 453 g/mol. The fourth-order valence-corrected chi connectivity index (χ4v) is 4.20. The Balaban J connectivity index is 0.00000264. The highest BCUT2D eigenvalue weighted by molar-refractivity contribution is 14.0. The fraction of sp³-hybridized carbons (Fsp3) is 0.733. The Labute approximate surface area is 160 Å². The van der Waals surface area contributed by atoms with Crippen LogP contribution in [0.4, 0.5) is 0 Å². The summed E-state index contributed by atoms with van der Waals surface area (Å²) < 4.78 is 5.19. The van der Waals surface area contributed by atoms with Gasteiger partial charge in [0.05, 0.1) is 5.69 Å². The number of aromatic nitrogens is 1. The summed E-state index contributed by atoms with van der Waals surface area (Å²) in [4.78, 5) is 6.65. The van der Waals surface area contributed by atoms with Gasteiger partial charge >= 0.3 is 0 Å². The van der Waals surface area contributed by atoms with E-state index in [9.17, 15) is 0 Å². The predicted molar refractivity (Wildman–Crippen MR) is 108 cm³/mol. The van der Waals surface area contributed by atoms with Crippen molar-refractivity contribution in [3.8, 4) is 0 Å². The smallest absolute Gasteiger partial charge is 0.191 e. The summed E-state index contributed by atoms with van der Waals surface area (Å²) in [6, 6.07) is 0. The maximum Gasteiger partial charge on any atom is 0.191 e. The van der Waals surface area contributed by atoms with Crippen molar-refractivity contribution in [3.05, 3.63) is 17.0 Å². The van der Waals surface area contributed by atoms with Crippen molar-refractivity contribution in [1.29, 1.82) is 0 Å². The van der Waals surface area contributed by atoms with E-state index in [1.165, 1.54) is 12.2 Å². The summed E-state index contributed by atoms with van der Waals surface area (Å²) in [5, 5.41) is 10.8. The van der Waals surface area contributed by atoms with Crippen LogP contribution < -0.4 is 10.6 Å². The number of halogens is 1. The molecule has 1 aliphatic rings. The number of guanidine groups is 1. The quantitative estimate of drug-likeness (QED) is 0.404.